The molecule has 0 bridgehead atoms. The number of rotatable bonds is 10. The zero-order valence-electron chi connectivity index (χ0n) is 22.0. The van der Waals surface area contributed by atoms with Crippen LogP contribution in [-0.4, -0.2) is 83.3 Å². The maximum Gasteiger partial charge on any atom is 0.221 e. The van der Waals surface area contributed by atoms with E-state index in [-0.39, 0.29) is 11.8 Å². The zero-order chi connectivity index (χ0) is 27.1. The molecule has 13 heteroatoms. The highest BCUT2D eigenvalue weighted by molar-refractivity contribution is 7.99. The Morgan fingerprint density at radius 3 is 2.42 bits per heavy atom. The molecule has 1 fully saturated rings. The lowest BCUT2D eigenvalue weighted by atomic mass is 10.3. The number of anilines is 4. The van der Waals surface area contributed by atoms with Crippen molar-refractivity contribution in [1.82, 2.24) is 30.4 Å². The number of H-pyrrole nitrogens is 1. The zero-order valence-corrected chi connectivity index (χ0v) is 22.8. The molecule has 1 aromatic carbocycles. The van der Waals surface area contributed by atoms with Crippen LogP contribution in [0.15, 0.2) is 40.4 Å². The molecule has 12 nitrogen and oxygen atoms in total. The first kappa shape index (κ1) is 27.2. The molecule has 2 amide bonds. The van der Waals surface area contributed by atoms with Crippen molar-refractivity contribution in [2.75, 3.05) is 61.9 Å². The number of nitrogens with one attached hydrogen (secondary N) is 4. The number of hydrogen-bond acceptors (Lipinski definition) is 10. The van der Waals surface area contributed by atoms with Gasteiger partial charge in [-0.05, 0) is 43.0 Å². The summed E-state index contributed by atoms with van der Waals surface area (Å²) in [4.78, 5) is 37.6. The largest absolute Gasteiger partial charge is 0.490 e. The molecule has 1 saturated heterocycles. The van der Waals surface area contributed by atoms with Crippen molar-refractivity contribution in [2.45, 2.75) is 30.8 Å². The van der Waals surface area contributed by atoms with Gasteiger partial charge in [0.15, 0.2) is 22.6 Å². The molecule has 0 saturated carbocycles. The van der Waals surface area contributed by atoms with Gasteiger partial charge in [0.2, 0.25) is 17.6 Å². The second-order valence-corrected chi connectivity index (χ2v) is 9.93. The van der Waals surface area contributed by atoms with Gasteiger partial charge in [0.25, 0.3) is 0 Å². The third-order valence-electron chi connectivity index (χ3n) is 5.84. The molecule has 3 heterocycles. The number of aromatic amines is 1. The number of nitrogens with zero attached hydrogens (tertiary/aromatic N) is 5. The molecule has 0 radical (unpaired) electrons. The third kappa shape index (κ3) is 7.35. The molecule has 2 aromatic heterocycles. The van der Waals surface area contributed by atoms with E-state index in [1.807, 2.05) is 37.3 Å². The Bertz CT molecular complexity index is 1260. The summed E-state index contributed by atoms with van der Waals surface area (Å²) in [7, 11) is 1.61. The highest BCUT2D eigenvalue weighted by atomic mass is 32.2. The molecular formula is C25H33N9O3S. The fraction of sp³-hybridized carbons (Fsp3) is 0.400. The minimum atomic E-state index is -0.118. The summed E-state index contributed by atoms with van der Waals surface area (Å²) in [5.74, 6) is 2.27. The average molecular weight is 540 g/mol. The van der Waals surface area contributed by atoms with Crippen LogP contribution in [0.25, 0.3) is 0 Å². The summed E-state index contributed by atoms with van der Waals surface area (Å²) in [6.07, 6.45) is 0. The first-order chi connectivity index (χ1) is 18.3. The van der Waals surface area contributed by atoms with Gasteiger partial charge in [-0.2, -0.15) is 5.10 Å². The monoisotopic (exact) mass is 539 g/mol. The minimum absolute atomic E-state index is 0.0173. The van der Waals surface area contributed by atoms with E-state index in [1.165, 1.54) is 25.6 Å². The van der Waals surface area contributed by atoms with E-state index in [9.17, 15) is 9.59 Å². The van der Waals surface area contributed by atoms with E-state index in [1.54, 1.807) is 7.11 Å². The molecule has 4 rings (SSSR count). The number of carbonyl (C=O) groups excluding carboxylic acids is 2. The molecule has 38 heavy (non-hydrogen) atoms. The average Bonchev–Trinajstić information content (AvgIpc) is 3.29. The Morgan fingerprint density at radius 2 is 1.82 bits per heavy atom. The van der Waals surface area contributed by atoms with Gasteiger partial charge < -0.3 is 25.6 Å². The Kier molecular flexibility index (Phi) is 9.02. The number of piperazine rings is 1. The van der Waals surface area contributed by atoms with Gasteiger partial charge in [-0.25, -0.2) is 9.97 Å². The highest BCUT2D eigenvalue weighted by Gasteiger charge is 2.25. The SMILES string of the molecule is COc1c(Nc2cc(C)[nH]n2)nc(Sc2ccc(NC(C)=O)cc2)nc1N1CCN(CCNC(C)=O)CC1. The normalized spacial score (nSPS) is 13.7. The van der Waals surface area contributed by atoms with E-state index >= 15 is 0 Å². The predicted octanol–water partition coefficient (Wildman–Crippen LogP) is 2.63. The molecular weight excluding hydrogens is 506 g/mol. The van der Waals surface area contributed by atoms with Crippen LogP contribution in [0, 0.1) is 6.92 Å². The number of aryl methyl sites for hydroxylation is 1. The van der Waals surface area contributed by atoms with Crippen LogP contribution in [0.1, 0.15) is 19.5 Å². The summed E-state index contributed by atoms with van der Waals surface area (Å²) in [5, 5.41) is 16.7. The van der Waals surface area contributed by atoms with Crippen LogP contribution in [0.2, 0.25) is 0 Å². The Hall–Kier alpha value is -3.84. The van der Waals surface area contributed by atoms with Gasteiger partial charge in [-0.1, -0.05) is 0 Å². The molecule has 3 aromatic rings. The fourth-order valence-corrected chi connectivity index (χ4v) is 4.80. The standard InChI is InChI=1S/C25H33N9O3S/c1-16-15-21(32-31-16)28-23-22(37-4)24(34-13-11-33(12-14-34)10-9-26-17(2)35)30-25(29-23)38-20-7-5-19(6-8-20)27-18(3)36/h5-8,15H,9-14H2,1-4H3,(H,26,35)(H,27,36)(H2,28,29,30,31,32). The first-order valence-corrected chi connectivity index (χ1v) is 13.1. The number of aromatic nitrogens is 4. The molecule has 1 aliphatic rings. The van der Waals surface area contributed by atoms with Crippen molar-refractivity contribution in [2.24, 2.45) is 0 Å². The van der Waals surface area contributed by atoms with Crippen LogP contribution >= 0.6 is 11.8 Å². The van der Waals surface area contributed by atoms with Crippen LogP contribution in [-0.2, 0) is 9.59 Å². The highest BCUT2D eigenvalue weighted by Crippen LogP contribution is 2.38. The molecule has 4 N–H and O–H groups in total. The topological polar surface area (TPSA) is 140 Å². The molecule has 0 atom stereocenters. The van der Waals surface area contributed by atoms with Crippen molar-refractivity contribution in [3.63, 3.8) is 0 Å². The van der Waals surface area contributed by atoms with Crippen LogP contribution in [0.5, 0.6) is 5.75 Å². The number of benzene rings is 1. The lowest BCUT2D eigenvalue weighted by Crippen LogP contribution is -2.48. The summed E-state index contributed by atoms with van der Waals surface area (Å²) in [6, 6.07) is 9.42. The van der Waals surface area contributed by atoms with E-state index in [4.69, 9.17) is 14.7 Å². The lowest BCUT2D eigenvalue weighted by Gasteiger charge is -2.36. The maximum atomic E-state index is 11.3. The summed E-state index contributed by atoms with van der Waals surface area (Å²) >= 11 is 1.42. The smallest absolute Gasteiger partial charge is 0.221 e. The summed E-state index contributed by atoms with van der Waals surface area (Å²) < 4.78 is 5.81. The quantitative estimate of drug-likeness (QED) is 0.284. The van der Waals surface area contributed by atoms with Crippen LogP contribution < -0.4 is 25.6 Å². The number of amides is 2. The van der Waals surface area contributed by atoms with Crippen molar-refractivity contribution >= 4 is 46.7 Å². The van der Waals surface area contributed by atoms with Crippen molar-refractivity contribution in [3.05, 3.63) is 36.0 Å². The van der Waals surface area contributed by atoms with E-state index < -0.39 is 0 Å². The molecule has 0 aliphatic carbocycles. The van der Waals surface area contributed by atoms with Crippen LogP contribution in [0.3, 0.4) is 0 Å². The van der Waals surface area contributed by atoms with Gasteiger partial charge >= 0.3 is 0 Å². The van der Waals surface area contributed by atoms with Crippen LogP contribution in [0.4, 0.5) is 23.1 Å². The first-order valence-electron chi connectivity index (χ1n) is 12.3. The predicted molar refractivity (Wildman–Crippen MR) is 147 cm³/mol. The third-order valence-corrected chi connectivity index (χ3v) is 6.71. The maximum absolute atomic E-state index is 11.3. The number of hydrogen-bond donors (Lipinski definition) is 4. The molecule has 202 valence electrons. The molecule has 1 aliphatic heterocycles. The summed E-state index contributed by atoms with van der Waals surface area (Å²) in [5.41, 5.74) is 1.65. The summed E-state index contributed by atoms with van der Waals surface area (Å²) in [6.45, 7) is 9.55. The van der Waals surface area contributed by atoms with Gasteiger partial charge in [0, 0.05) is 75.5 Å². The second kappa shape index (κ2) is 12.6. The van der Waals surface area contributed by atoms with Gasteiger partial charge in [0.1, 0.15) is 0 Å². The second-order valence-electron chi connectivity index (χ2n) is 8.89. The van der Waals surface area contributed by atoms with E-state index in [2.05, 4.69) is 35.9 Å². The van der Waals surface area contributed by atoms with Crippen molar-refractivity contribution in [3.8, 4) is 5.75 Å². The van der Waals surface area contributed by atoms with E-state index in [0.717, 1.165) is 49.0 Å². The Morgan fingerprint density at radius 1 is 1.08 bits per heavy atom. The molecule has 0 unspecified atom stereocenters. The van der Waals surface area contributed by atoms with Crippen molar-refractivity contribution < 1.29 is 14.3 Å². The van der Waals surface area contributed by atoms with Gasteiger partial charge in [0.05, 0.1) is 7.11 Å². The Labute approximate surface area is 225 Å². The minimum Gasteiger partial charge on any atom is -0.490 e. The molecule has 0 spiro atoms. The van der Waals surface area contributed by atoms with Gasteiger partial charge in [-0.15, -0.1) is 0 Å². The number of ether oxygens (including phenoxy) is 1. The lowest BCUT2D eigenvalue weighted by molar-refractivity contribution is -0.119. The van der Waals surface area contributed by atoms with E-state index in [0.29, 0.717) is 34.9 Å². The van der Waals surface area contributed by atoms with Crippen molar-refractivity contribution in [1.29, 1.82) is 0 Å². The fourth-order valence-electron chi connectivity index (χ4n) is 4.04. The number of methoxy groups -OCH3 is 1. The van der Waals surface area contributed by atoms with Gasteiger partial charge in [-0.3, -0.25) is 19.6 Å². The number of carbonyl (C=O) groups is 2. The Balaban J connectivity index is 1.57.